The minimum Gasteiger partial charge on any atom is -0.383 e. The largest absolute Gasteiger partial charge is 0.383 e. The number of nitro groups is 1. The number of nitrogens with two attached hydrogens (primary N) is 1. The van der Waals surface area contributed by atoms with Gasteiger partial charge in [-0.25, -0.2) is 4.98 Å². The molecule has 0 amide bonds. The molecule has 6 nitrogen and oxygen atoms in total. The molecule has 6 heteroatoms. The highest BCUT2D eigenvalue weighted by molar-refractivity contribution is 5.55. The van der Waals surface area contributed by atoms with E-state index in [0.29, 0.717) is 11.9 Å². The summed E-state index contributed by atoms with van der Waals surface area (Å²) in [6.45, 7) is 2.94. The van der Waals surface area contributed by atoms with Crippen molar-refractivity contribution in [1.82, 2.24) is 4.98 Å². The van der Waals surface area contributed by atoms with Crippen LogP contribution in [0.5, 0.6) is 0 Å². The lowest BCUT2D eigenvalue weighted by molar-refractivity contribution is -0.384. The van der Waals surface area contributed by atoms with Gasteiger partial charge in [0.15, 0.2) is 0 Å². The summed E-state index contributed by atoms with van der Waals surface area (Å²) in [7, 11) is 0. The number of hydrogen-bond donors (Lipinski definition) is 1. The Morgan fingerprint density at radius 2 is 2.29 bits per heavy atom. The molecule has 0 unspecified atom stereocenters. The van der Waals surface area contributed by atoms with Crippen LogP contribution < -0.4 is 10.6 Å². The molecule has 1 aliphatic rings. The summed E-state index contributed by atoms with van der Waals surface area (Å²) in [5.74, 6) is 0.831. The molecule has 17 heavy (non-hydrogen) atoms. The second-order valence-electron chi connectivity index (χ2n) is 4.29. The van der Waals surface area contributed by atoms with Gasteiger partial charge in [0.05, 0.1) is 17.1 Å². The second kappa shape index (κ2) is 4.57. The normalized spacial score (nSPS) is 14.6. The van der Waals surface area contributed by atoms with Gasteiger partial charge >= 0.3 is 0 Å². The van der Waals surface area contributed by atoms with Crippen molar-refractivity contribution in [1.29, 1.82) is 0 Å². The zero-order chi connectivity index (χ0) is 12.4. The zero-order valence-corrected chi connectivity index (χ0v) is 9.80. The average molecular weight is 236 g/mol. The Kier molecular flexibility index (Phi) is 3.12. The summed E-state index contributed by atoms with van der Waals surface area (Å²) in [4.78, 5) is 16.7. The first-order valence-electron chi connectivity index (χ1n) is 5.80. The molecule has 2 rings (SSSR count). The first-order valence-corrected chi connectivity index (χ1v) is 5.80. The summed E-state index contributed by atoms with van der Waals surface area (Å²) in [6.07, 6.45) is 3.25. The summed E-state index contributed by atoms with van der Waals surface area (Å²) in [6, 6.07) is 3.27. The number of anilines is 2. The van der Waals surface area contributed by atoms with E-state index in [2.05, 4.69) is 16.8 Å². The lowest BCUT2D eigenvalue weighted by atomic mass is 10.3. The van der Waals surface area contributed by atoms with Crippen molar-refractivity contribution < 1.29 is 4.92 Å². The van der Waals surface area contributed by atoms with Gasteiger partial charge in [-0.15, -0.1) is 0 Å². The maximum absolute atomic E-state index is 10.8. The highest BCUT2D eigenvalue weighted by Crippen LogP contribution is 2.32. The molecule has 0 radical (unpaired) electrons. The van der Waals surface area contributed by atoms with Crippen LogP contribution in [0.1, 0.15) is 26.2 Å². The van der Waals surface area contributed by atoms with E-state index in [9.17, 15) is 10.1 Å². The van der Waals surface area contributed by atoms with Crippen LogP contribution in [0, 0.1) is 10.1 Å². The lowest BCUT2D eigenvalue weighted by Gasteiger charge is -2.22. The van der Waals surface area contributed by atoms with Crippen molar-refractivity contribution in [3.05, 3.63) is 22.2 Å². The summed E-state index contributed by atoms with van der Waals surface area (Å²) >= 11 is 0. The number of nitrogens with zero attached hydrogens (tertiary/aromatic N) is 3. The topological polar surface area (TPSA) is 85.3 Å². The third-order valence-corrected chi connectivity index (χ3v) is 2.77. The van der Waals surface area contributed by atoms with E-state index >= 15 is 0 Å². The zero-order valence-electron chi connectivity index (χ0n) is 9.80. The fourth-order valence-electron chi connectivity index (χ4n) is 1.89. The Morgan fingerprint density at radius 1 is 1.59 bits per heavy atom. The molecule has 0 aliphatic heterocycles. The molecule has 0 bridgehead atoms. The number of pyridine rings is 1. The van der Waals surface area contributed by atoms with Crippen LogP contribution >= 0.6 is 0 Å². The maximum Gasteiger partial charge on any atom is 0.276 e. The number of rotatable bonds is 5. The van der Waals surface area contributed by atoms with Gasteiger partial charge in [0, 0.05) is 12.6 Å². The van der Waals surface area contributed by atoms with Gasteiger partial charge in [0.25, 0.3) is 5.69 Å². The molecular formula is C11H16N4O2. The van der Waals surface area contributed by atoms with E-state index in [1.54, 1.807) is 0 Å². The Morgan fingerprint density at radius 3 is 2.82 bits per heavy atom. The van der Waals surface area contributed by atoms with E-state index < -0.39 is 4.92 Å². The maximum atomic E-state index is 10.8. The second-order valence-corrected chi connectivity index (χ2v) is 4.29. The molecular weight excluding hydrogens is 220 g/mol. The molecule has 0 atom stereocenters. The summed E-state index contributed by atoms with van der Waals surface area (Å²) in [5, 5.41) is 10.8. The fraction of sp³-hybridized carbons (Fsp3) is 0.545. The number of nitrogen functional groups attached to an aromatic ring is 1. The van der Waals surface area contributed by atoms with Gasteiger partial charge in [-0.1, -0.05) is 6.92 Å². The van der Waals surface area contributed by atoms with Crippen LogP contribution in [0.2, 0.25) is 0 Å². The molecule has 1 heterocycles. The third-order valence-electron chi connectivity index (χ3n) is 2.77. The van der Waals surface area contributed by atoms with E-state index in [1.807, 2.05) is 0 Å². The molecule has 0 spiro atoms. The SMILES string of the molecule is CCCN(c1cc([N+](=O)[O-])cc(N)n1)C1CC1. The molecule has 92 valence electrons. The van der Waals surface area contributed by atoms with E-state index in [1.165, 1.54) is 12.1 Å². The van der Waals surface area contributed by atoms with E-state index in [4.69, 9.17) is 5.73 Å². The van der Waals surface area contributed by atoms with Crippen molar-refractivity contribution in [2.45, 2.75) is 32.2 Å². The molecule has 1 saturated carbocycles. The van der Waals surface area contributed by atoms with Gasteiger partial charge in [-0.2, -0.15) is 0 Å². The van der Waals surface area contributed by atoms with Crippen molar-refractivity contribution in [3.8, 4) is 0 Å². The first-order chi connectivity index (χ1) is 8.11. The predicted molar refractivity (Wildman–Crippen MR) is 66.0 cm³/mol. The molecule has 1 aromatic heterocycles. The standard InChI is InChI=1S/C11H16N4O2/c1-2-5-14(8-3-4-8)11-7-9(15(16)17)6-10(12)13-11/h6-8H,2-5H2,1H3,(H2,12,13). The quantitative estimate of drug-likeness (QED) is 0.623. The van der Waals surface area contributed by atoms with Crippen LogP contribution in [0.3, 0.4) is 0 Å². The minimum absolute atomic E-state index is 0.00857. The number of hydrogen-bond acceptors (Lipinski definition) is 5. The van der Waals surface area contributed by atoms with Crippen LogP contribution in [0.25, 0.3) is 0 Å². The molecule has 0 aromatic carbocycles. The minimum atomic E-state index is -0.432. The summed E-state index contributed by atoms with van der Waals surface area (Å²) < 4.78 is 0. The molecule has 1 aromatic rings. The van der Waals surface area contributed by atoms with Crippen molar-refractivity contribution in [2.75, 3.05) is 17.2 Å². The van der Waals surface area contributed by atoms with Crippen LogP contribution in [0.15, 0.2) is 12.1 Å². The average Bonchev–Trinajstić information content (AvgIpc) is 3.08. The Hall–Kier alpha value is -1.85. The molecule has 1 fully saturated rings. The van der Waals surface area contributed by atoms with Gasteiger partial charge in [0.2, 0.25) is 0 Å². The Balaban J connectivity index is 2.31. The fourth-order valence-corrected chi connectivity index (χ4v) is 1.89. The van der Waals surface area contributed by atoms with Crippen molar-refractivity contribution >= 4 is 17.3 Å². The van der Waals surface area contributed by atoms with Gasteiger partial charge < -0.3 is 10.6 Å². The van der Waals surface area contributed by atoms with Crippen molar-refractivity contribution in [3.63, 3.8) is 0 Å². The van der Waals surface area contributed by atoms with E-state index in [-0.39, 0.29) is 11.5 Å². The highest BCUT2D eigenvalue weighted by Gasteiger charge is 2.30. The highest BCUT2D eigenvalue weighted by atomic mass is 16.6. The third kappa shape index (κ3) is 2.64. The Labute approximate surface area is 99.6 Å². The van der Waals surface area contributed by atoms with Crippen LogP contribution in [-0.2, 0) is 0 Å². The van der Waals surface area contributed by atoms with Gasteiger partial charge in [-0.05, 0) is 19.3 Å². The van der Waals surface area contributed by atoms with Crippen LogP contribution in [-0.4, -0.2) is 22.5 Å². The number of aromatic nitrogens is 1. The van der Waals surface area contributed by atoms with E-state index in [0.717, 1.165) is 25.8 Å². The molecule has 0 saturated heterocycles. The Bertz CT molecular complexity index is 431. The lowest BCUT2D eigenvalue weighted by Crippen LogP contribution is -2.27. The van der Waals surface area contributed by atoms with Gasteiger partial charge in [0.1, 0.15) is 11.6 Å². The predicted octanol–water partition coefficient (Wildman–Crippen LogP) is 1.95. The molecule has 2 N–H and O–H groups in total. The van der Waals surface area contributed by atoms with Gasteiger partial charge in [-0.3, -0.25) is 10.1 Å². The molecule has 1 aliphatic carbocycles. The van der Waals surface area contributed by atoms with Crippen molar-refractivity contribution in [2.24, 2.45) is 0 Å². The smallest absolute Gasteiger partial charge is 0.276 e. The monoisotopic (exact) mass is 236 g/mol. The van der Waals surface area contributed by atoms with Crippen LogP contribution in [0.4, 0.5) is 17.3 Å². The summed E-state index contributed by atoms with van der Waals surface area (Å²) in [5.41, 5.74) is 5.62. The first kappa shape index (κ1) is 11.6.